The number of benzene rings is 1. The summed E-state index contributed by atoms with van der Waals surface area (Å²) < 4.78 is 12.2. The fraction of sp³-hybridized carbons (Fsp3) is 0.538. The van der Waals surface area contributed by atoms with E-state index >= 15 is 0 Å². The number of nitrogens with zero attached hydrogens (tertiary/aromatic N) is 4. The number of nitriles is 1. The van der Waals surface area contributed by atoms with Gasteiger partial charge in [-0.3, -0.25) is 0 Å². The van der Waals surface area contributed by atoms with Crippen molar-refractivity contribution in [2.75, 3.05) is 25.0 Å². The van der Waals surface area contributed by atoms with Gasteiger partial charge in [-0.1, -0.05) is 11.6 Å². The van der Waals surface area contributed by atoms with E-state index < -0.39 is 0 Å². The zero-order valence-electron chi connectivity index (χ0n) is 20.4. The van der Waals surface area contributed by atoms with Crippen molar-refractivity contribution >= 4 is 29.2 Å². The average Bonchev–Trinajstić information content (AvgIpc) is 3.58. The van der Waals surface area contributed by atoms with Gasteiger partial charge in [0.25, 0.3) is 0 Å². The lowest BCUT2D eigenvalue weighted by atomic mass is 9.70. The number of amides is 1. The van der Waals surface area contributed by atoms with Gasteiger partial charge < -0.3 is 24.8 Å². The molecule has 190 valence electrons. The fourth-order valence-corrected chi connectivity index (χ4v) is 5.50. The lowest BCUT2D eigenvalue weighted by Crippen LogP contribution is -2.57. The molecule has 2 heterocycles. The van der Waals surface area contributed by atoms with Gasteiger partial charge >= 0.3 is 6.09 Å². The van der Waals surface area contributed by atoms with E-state index in [9.17, 15) is 9.90 Å². The third kappa shape index (κ3) is 5.06. The first-order valence-electron chi connectivity index (χ1n) is 12.3. The van der Waals surface area contributed by atoms with E-state index in [1.165, 1.54) is 6.33 Å². The molecule has 1 saturated heterocycles. The number of carbonyl (C=O) groups is 1. The Kier molecular flexibility index (Phi) is 6.66. The molecule has 36 heavy (non-hydrogen) atoms. The van der Waals surface area contributed by atoms with Crippen LogP contribution in [0.3, 0.4) is 0 Å². The Hall–Kier alpha value is -3.09. The highest BCUT2D eigenvalue weighted by Crippen LogP contribution is 2.43. The molecule has 3 fully saturated rings. The van der Waals surface area contributed by atoms with Crippen LogP contribution in [0.4, 0.5) is 16.3 Å². The quantitative estimate of drug-likeness (QED) is 0.584. The Bertz CT molecular complexity index is 1180. The number of likely N-dealkylation sites (tertiary alicyclic amines) is 1. The smallest absolute Gasteiger partial charge is 0.410 e. The molecule has 5 rings (SSSR count). The number of ether oxygens (including phenoxy) is 2. The molecule has 2 unspecified atom stereocenters. The lowest BCUT2D eigenvalue weighted by Gasteiger charge is -2.48. The number of nitrogens with one attached hydrogen (secondary N) is 1. The SMILES string of the molecule is Cc1c(Nc2ccc(C#N)cc2Cl)ncnc1OC1C2CC(CO)CC1CN(C(=O)OC1(C)CC1)C2. The summed E-state index contributed by atoms with van der Waals surface area (Å²) in [5, 5.41) is 22.5. The van der Waals surface area contributed by atoms with Gasteiger partial charge in [-0.15, -0.1) is 0 Å². The van der Waals surface area contributed by atoms with Crippen LogP contribution in [0.2, 0.25) is 5.02 Å². The third-order valence-corrected chi connectivity index (χ3v) is 7.86. The molecule has 3 aliphatic rings. The summed E-state index contributed by atoms with van der Waals surface area (Å²) in [4.78, 5) is 23.4. The van der Waals surface area contributed by atoms with E-state index in [0.29, 0.717) is 41.1 Å². The maximum absolute atomic E-state index is 12.8. The number of aliphatic hydroxyl groups excluding tert-OH is 1. The largest absolute Gasteiger partial charge is 0.473 e. The van der Waals surface area contributed by atoms with E-state index in [1.54, 1.807) is 23.1 Å². The summed E-state index contributed by atoms with van der Waals surface area (Å²) >= 11 is 6.33. The summed E-state index contributed by atoms with van der Waals surface area (Å²) in [7, 11) is 0. The Morgan fingerprint density at radius 2 is 2.03 bits per heavy atom. The van der Waals surface area contributed by atoms with Crippen LogP contribution < -0.4 is 10.1 Å². The molecule has 10 heteroatoms. The zero-order chi connectivity index (χ0) is 25.4. The fourth-order valence-electron chi connectivity index (χ4n) is 5.27. The van der Waals surface area contributed by atoms with Crippen molar-refractivity contribution in [3.8, 4) is 11.9 Å². The molecule has 2 aromatic rings. The molecular weight excluding hydrogens is 482 g/mol. The number of halogens is 1. The Balaban J connectivity index is 1.32. The monoisotopic (exact) mass is 511 g/mol. The number of aromatic nitrogens is 2. The molecule has 2 aliphatic carbocycles. The number of hydrogen-bond acceptors (Lipinski definition) is 8. The number of anilines is 2. The second kappa shape index (κ2) is 9.75. The molecule has 1 aliphatic heterocycles. The molecule has 0 spiro atoms. The van der Waals surface area contributed by atoms with Crippen molar-refractivity contribution in [3.05, 3.63) is 40.7 Å². The highest BCUT2D eigenvalue weighted by Gasteiger charge is 2.48. The summed E-state index contributed by atoms with van der Waals surface area (Å²) in [6, 6.07) is 7.08. The van der Waals surface area contributed by atoms with E-state index in [2.05, 4.69) is 21.4 Å². The van der Waals surface area contributed by atoms with Crippen molar-refractivity contribution in [2.24, 2.45) is 17.8 Å². The number of fused-ring (bicyclic) bond motifs is 2. The highest BCUT2D eigenvalue weighted by molar-refractivity contribution is 6.33. The number of rotatable bonds is 6. The maximum atomic E-state index is 12.8. The first-order valence-corrected chi connectivity index (χ1v) is 12.7. The van der Waals surface area contributed by atoms with E-state index in [4.69, 9.17) is 26.3 Å². The number of piperidine rings is 1. The van der Waals surface area contributed by atoms with Crippen molar-refractivity contribution in [2.45, 2.75) is 51.2 Å². The second-order valence-corrected chi connectivity index (χ2v) is 10.8. The summed E-state index contributed by atoms with van der Waals surface area (Å²) in [5.41, 5.74) is 1.52. The van der Waals surface area contributed by atoms with E-state index in [0.717, 1.165) is 31.2 Å². The summed E-state index contributed by atoms with van der Waals surface area (Å²) in [5.74, 6) is 1.35. The maximum Gasteiger partial charge on any atom is 0.410 e. The molecule has 2 bridgehead atoms. The normalized spacial score (nSPS) is 26.0. The number of carbonyl (C=O) groups excluding carboxylic acids is 1. The summed E-state index contributed by atoms with van der Waals surface area (Å²) in [6.07, 6.45) is 4.42. The van der Waals surface area contributed by atoms with Gasteiger partial charge in [0.15, 0.2) is 0 Å². The van der Waals surface area contributed by atoms with Crippen molar-refractivity contribution < 1.29 is 19.4 Å². The predicted molar refractivity (Wildman–Crippen MR) is 133 cm³/mol. The van der Waals surface area contributed by atoms with Gasteiger partial charge in [0.1, 0.15) is 23.9 Å². The Morgan fingerprint density at radius 1 is 1.31 bits per heavy atom. The van der Waals surface area contributed by atoms with Gasteiger partial charge in [0.2, 0.25) is 5.88 Å². The number of hydrogen-bond donors (Lipinski definition) is 2. The highest BCUT2D eigenvalue weighted by atomic mass is 35.5. The molecule has 1 amide bonds. The van der Waals surface area contributed by atoms with Gasteiger partial charge in [-0.05, 0) is 63.6 Å². The molecule has 9 nitrogen and oxygen atoms in total. The minimum Gasteiger partial charge on any atom is -0.473 e. The number of aliphatic hydroxyl groups is 1. The van der Waals surface area contributed by atoms with Gasteiger partial charge in [-0.2, -0.15) is 5.26 Å². The van der Waals surface area contributed by atoms with Crippen LogP contribution in [-0.2, 0) is 4.74 Å². The topological polar surface area (TPSA) is 121 Å². The van der Waals surface area contributed by atoms with Crippen molar-refractivity contribution in [1.82, 2.24) is 14.9 Å². The van der Waals surface area contributed by atoms with Crippen molar-refractivity contribution in [3.63, 3.8) is 0 Å². The third-order valence-electron chi connectivity index (χ3n) is 7.55. The molecule has 1 aromatic heterocycles. The van der Waals surface area contributed by atoms with Crippen LogP contribution in [0.15, 0.2) is 24.5 Å². The predicted octanol–water partition coefficient (Wildman–Crippen LogP) is 4.44. The van der Waals surface area contributed by atoms with Gasteiger partial charge in [0.05, 0.1) is 27.9 Å². The van der Waals surface area contributed by atoms with Crippen molar-refractivity contribution in [1.29, 1.82) is 5.26 Å². The van der Waals surface area contributed by atoms with E-state index in [-0.39, 0.29) is 42.2 Å². The molecule has 2 atom stereocenters. The molecular formula is C26H30ClN5O4. The molecule has 2 saturated carbocycles. The second-order valence-electron chi connectivity index (χ2n) is 10.4. The van der Waals surface area contributed by atoms with Gasteiger partial charge in [0, 0.05) is 31.5 Å². The first kappa shape index (κ1) is 24.6. The molecule has 0 radical (unpaired) electrons. The zero-order valence-corrected chi connectivity index (χ0v) is 21.2. The minimum absolute atomic E-state index is 0.0629. The van der Waals surface area contributed by atoms with E-state index in [1.807, 2.05) is 13.8 Å². The van der Waals surface area contributed by atoms with Crippen LogP contribution in [0.5, 0.6) is 5.88 Å². The first-order chi connectivity index (χ1) is 17.3. The van der Waals surface area contributed by atoms with Gasteiger partial charge in [-0.25, -0.2) is 14.8 Å². The van der Waals surface area contributed by atoms with Crippen LogP contribution in [-0.4, -0.2) is 57.5 Å². The molecule has 1 aromatic carbocycles. The molecule has 2 N–H and O–H groups in total. The Labute approximate surface area is 215 Å². The average molecular weight is 512 g/mol. The standard InChI is InChI=1S/C26H30ClN5O4/c1-15-23(31-21-4-3-16(10-28)9-20(21)27)29-14-30-24(15)35-22-18-7-17(13-33)8-19(22)12-32(11-18)25(34)36-26(2)5-6-26/h3-4,9,14,17-19,22,33H,5-8,11-13H2,1-2H3,(H,29,30,31). The van der Waals surface area contributed by atoms with Crippen LogP contribution in [0.25, 0.3) is 0 Å². The van der Waals surface area contributed by atoms with Crippen LogP contribution in [0.1, 0.15) is 43.7 Å². The Morgan fingerprint density at radius 3 is 2.64 bits per heavy atom. The van der Waals surface area contributed by atoms with Crippen LogP contribution in [0, 0.1) is 36.0 Å². The van der Waals surface area contributed by atoms with Crippen LogP contribution >= 0.6 is 11.6 Å². The lowest BCUT2D eigenvalue weighted by molar-refractivity contribution is -0.0617. The summed E-state index contributed by atoms with van der Waals surface area (Å²) in [6.45, 7) is 5.04. The minimum atomic E-state index is -0.313.